The number of ketones is 2. The number of primary amides is 1. The zero-order valence-corrected chi connectivity index (χ0v) is 21.6. The van der Waals surface area contributed by atoms with Gasteiger partial charge in [-0.2, -0.15) is 4.90 Å². The normalized spacial score (nSPS) is 25.7. The number of carbonyl (C=O) groups excluding carboxylic acids is 5. The number of fused-ring (bicyclic) bond motifs is 3. The Hall–Kier alpha value is -4.79. The molecule has 0 bridgehead atoms. The molecule has 3 aliphatic carbocycles. The molecule has 1 saturated heterocycles. The fraction of sp³-hybridized carbons (Fsp3) is 0.258. The van der Waals surface area contributed by atoms with Crippen molar-refractivity contribution in [2.75, 3.05) is 0 Å². The van der Waals surface area contributed by atoms with E-state index in [1.54, 1.807) is 25.1 Å². The van der Waals surface area contributed by atoms with Crippen LogP contribution in [0, 0.1) is 17.8 Å². The highest BCUT2D eigenvalue weighted by atomic mass is 16.5. The van der Waals surface area contributed by atoms with Gasteiger partial charge in [-0.3, -0.25) is 19.2 Å². The minimum absolute atomic E-state index is 0.0673. The predicted molar refractivity (Wildman–Crippen MR) is 142 cm³/mol. The fourth-order valence-electron chi connectivity index (χ4n) is 6.53. The van der Waals surface area contributed by atoms with Crippen LogP contribution in [-0.2, 0) is 25.8 Å². The molecule has 40 heavy (non-hydrogen) atoms. The first kappa shape index (κ1) is 25.5. The summed E-state index contributed by atoms with van der Waals surface area (Å²) in [5, 5.41) is 11.2. The Morgan fingerprint density at radius 1 is 1.05 bits per heavy atom. The van der Waals surface area contributed by atoms with E-state index < -0.39 is 41.5 Å². The minimum atomic E-state index is -1.13. The lowest BCUT2D eigenvalue weighted by Gasteiger charge is -2.42. The molecule has 0 spiro atoms. The summed E-state index contributed by atoms with van der Waals surface area (Å²) in [5.41, 5.74) is 8.15. The van der Waals surface area contributed by atoms with Gasteiger partial charge in [0.2, 0.25) is 11.8 Å². The zero-order valence-electron chi connectivity index (χ0n) is 21.6. The van der Waals surface area contributed by atoms with E-state index in [1.807, 2.05) is 30.3 Å². The monoisotopic (exact) mass is 538 g/mol. The Morgan fingerprint density at radius 2 is 1.80 bits per heavy atom. The number of benzene rings is 2. The molecule has 1 aliphatic heterocycles. The van der Waals surface area contributed by atoms with Crippen LogP contribution in [0.5, 0.6) is 11.5 Å². The SMILES string of the molecule is CC1=CC(=O)C2=C(C1=O)C(c1ccc(OCc3ccccc3)cc1O)C1=CCC3C(=O)N(C(N)=O)C(=O)C3C1C2. The van der Waals surface area contributed by atoms with E-state index in [-0.39, 0.29) is 53.5 Å². The van der Waals surface area contributed by atoms with Gasteiger partial charge in [-0.1, -0.05) is 48.0 Å². The molecule has 4 atom stereocenters. The van der Waals surface area contributed by atoms with Crippen LogP contribution in [0.15, 0.2) is 83.0 Å². The molecule has 1 fully saturated rings. The molecule has 6 rings (SSSR count). The maximum atomic E-state index is 13.5. The summed E-state index contributed by atoms with van der Waals surface area (Å²) in [4.78, 5) is 65.2. The first-order valence-electron chi connectivity index (χ1n) is 13.0. The Balaban J connectivity index is 1.42. The summed E-state index contributed by atoms with van der Waals surface area (Å²) in [6.45, 7) is 1.86. The van der Waals surface area contributed by atoms with Crippen molar-refractivity contribution in [3.63, 3.8) is 0 Å². The van der Waals surface area contributed by atoms with Crippen LogP contribution in [0.3, 0.4) is 0 Å². The third-order valence-corrected chi connectivity index (χ3v) is 8.35. The second kappa shape index (κ2) is 9.44. The summed E-state index contributed by atoms with van der Waals surface area (Å²) in [5.74, 6) is -4.85. The number of hydrogen-bond donors (Lipinski definition) is 2. The topological polar surface area (TPSA) is 144 Å². The van der Waals surface area contributed by atoms with Gasteiger partial charge < -0.3 is 15.6 Å². The van der Waals surface area contributed by atoms with Crippen molar-refractivity contribution in [3.05, 3.63) is 94.1 Å². The molecule has 0 aromatic heterocycles. The number of imide groups is 3. The zero-order chi connectivity index (χ0) is 28.3. The third kappa shape index (κ3) is 3.88. The number of nitrogens with zero attached hydrogens (tertiary/aromatic N) is 1. The molecular weight excluding hydrogens is 512 g/mol. The van der Waals surface area contributed by atoms with Crippen molar-refractivity contribution < 1.29 is 33.8 Å². The Bertz CT molecular complexity index is 1600. The molecule has 2 aromatic carbocycles. The maximum absolute atomic E-state index is 13.5. The molecule has 9 heteroatoms. The third-order valence-electron chi connectivity index (χ3n) is 8.35. The molecule has 4 amide bonds. The summed E-state index contributed by atoms with van der Waals surface area (Å²) in [6, 6.07) is 13.2. The number of rotatable bonds is 4. The molecular formula is C31H26N2O7. The number of carbonyl (C=O) groups is 5. The number of Topliss-reactive ketones (excluding diaryl/α,β-unsaturated/α-hetero) is 1. The number of aromatic hydroxyl groups is 1. The van der Waals surface area contributed by atoms with Gasteiger partial charge in [0.05, 0.1) is 11.8 Å². The van der Waals surface area contributed by atoms with Gasteiger partial charge in [-0.25, -0.2) is 4.79 Å². The molecule has 0 radical (unpaired) electrons. The highest BCUT2D eigenvalue weighted by molar-refractivity contribution is 6.24. The van der Waals surface area contributed by atoms with Crippen LogP contribution in [0.25, 0.3) is 0 Å². The second-order valence-corrected chi connectivity index (χ2v) is 10.6. The van der Waals surface area contributed by atoms with Crippen molar-refractivity contribution in [1.82, 2.24) is 4.90 Å². The van der Waals surface area contributed by atoms with Crippen molar-refractivity contribution >= 4 is 29.4 Å². The quantitative estimate of drug-likeness (QED) is 0.345. The highest BCUT2D eigenvalue weighted by Gasteiger charge is 2.57. The Morgan fingerprint density at radius 3 is 2.50 bits per heavy atom. The van der Waals surface area contributed by atoms with Crippen molar-refractivity contribution in [2.45, 2.75) is 32.3 Å². The summed E-state index contributed by atoms with van der Waals surface area (Å²) in [6.07, 6.45) is 3.32. The number of likely N-dealkylation sites (tertiary alicyclic amines) is 1. The maximum Gasteiger partial charge on any atom is 0.328 e. The Labute approximate surface area is 229 Å². The molecule has 3 N–H and O–H groups in total. The van der Waals surface area contributed by atoms with Crippen LogP contribution < -0.4 is 10.5 Å². The fourth-order valence-corrected chi connectivity index (χ4v) is 6.53. The highest BCUT2D eigenvalue weighted by Crippen LogP contribution is 2.56. The predicted octanol–water partition coefficient (Wildman–Crippen LogP) is 3.48. The van der Waals surface area contributed by atoms with Crippen LogP contribution in [0.4, 0.5) is 4.79 Å². The van der Waals surface area contributed by atoms with E-state index >= 15 is 0 Å². The average molecular weight is 539 g/mol. The van der Waals surface area contributed by atoms with Crippen LogP contribution in [-0.4, -0.2) is 39.4 Å². The number of phenolic OH excluding ortho intramolecular Hbond substituents is 1. The average Bonchev–Trinajstić information content (AvgIpc) is 3.20. The molecule has 4 unspecified atom stereocenters. The summed E-state index contributed by atoms with van der Waals surface area (Å²) in [7, 11) is 0. The minimum Gasteiger partial charge on any atom is -0.507 e. The van der Waals surface area contributed by atoms with Gasteiger partial charge in [0, 0.05) is 34.3 Å². The van der Waals surface area contributed by atoms with Gasteiger partial charge in [0.1, 0.15) is 18.1 Å². The van der Waals surface area contributed by atoms with Crippen LogP contribution >= 0.6 is 0 Å². The number of phenols is 1. The number of ether oxygens (including phenoxy) is 1. The first-order chi connectivity index (χ1) is 19.2. The van der Waals surface area contributed by atoms with Crippen LogP contribution in [0.1, 0.15) is 36.8 Å². The van der Waals surface area contributed by atoms with Gasteiger partial charge in [-0.05, 0) is 43.4 Å². The van der Waals surface area contributed by atoms with Gasteiger partial charge in [0.25, 0.3) is 0 Å². The molecule has 202 valence electrons. The van der Waals surface area contributed by atoms with E-state index in [0.29, 0.717) is 21.8 Å². The molecule has 0 saturated carbocycles. The van der Waals surface area contributed by atoms with Crippen molar-refractivity contribution in [3.8, 4) is 11.5 Å². The summed E-state index contributed by atoms with van der Waals surface area (Å²) < 4.78 is 5.85. The number of hydrogen-bond acceptors (Lipinski definition) is 7. The van der Waals surface area contributed by atoms with Gasteiger partial charge in [0.15, 0.2) is 11.6 Å². The number of urea groups is 1. The van der Waals surface area contributed by atoms with E-state index in [4.69, 9.17) is 10.5 Å². The van der Waals surface area contributed by atoms with Gasteiger partial charge in [-0.15, -0.1) is 0 Å². The van der Waals surface area contributed by atoms with Crippen molar-refractivity contribution in [1.29, 1.82) is 0 Å². The lowest BCUT2D eigenvalue weighted by molar-refractivity contribution is -0.136. The number of amides is 4. The largest absolute Gasteiger partial charge is 0.507 e. The lowest BCUT2D eigenvalue weighted by atomic mass is 9.59. The van der Waals surface area contributed by atoms with Gasteiger partial charge >= 0.3 is 6.03 Å². The van der Waals surface area contributed by atoms with Crippen molar-refractivity contribution in [2.24, 2.45) is 23.5 Å². The number of nitrogens with two attached hydrogens (primary N) is 1. The molecule has 9 nitrogen and oxygen atoms in total. The summed E-state index contributed by atoms with van der Waals surface area (Å²) >= 11 is 0. The molecule has 1 heterocycles. The number of allylic oxidation sites excluding steroid dienone is 6. The van der Waals surface area contributed by atoms with E-state index in [2.05, 4.69) is 0 Å². The van der Waals surface area contributed by atoms with E-state index in [1.165, 1.54) is 12.1 Å². The Kier molecular flexibility index (Phi) is 6.02. The lowest BCUT2D eigenvalue weighted by Crippen LogP contribution is -2.42. The van der Waals surface area contributed by atoms with E-state index in [9.17, 15) is 29.1 Å². The molecule has 4 aliphatic rings. The smallest absolute Gasteiger partial charge is 0.328 e. The second-order valence-electron chi connectivity index (χ2n) is 10.6. The van der Waals surface area contributed by atoms with Crippen LogP contribution in [0.2, 0.25) is 0 Å². The standard InChI is InChI=1S/C31H26N2O7/c1-15-11-23(34)22-13-21-18(9-10-20-26(21)30(38)33(29(20)37)31(32)39)25(27(22)28(15)36)19-8-7-17(12-24(19)35)40-14-16-5-3-2-4-6-16/h2-9,11-12,20-21,25-26,35H,10,13-14H2,1H3,(H2,32,39). The first-order valence-corrected chi connectivity index (χ1v) is 13.0. The van der Waals surface area contributed by atoms with E-state index in [0.717, 1.165) is 5.56 Å². The molecule has 2 aromatic rings.